The minimum Gasteiger partial charge on any atom is -0.334 e. The van der Waals surface area contributed by atoms with E-state index in [0.717, 1.165) is 11.1 Å². The lowest BCUT2D eigenvalue weighted by molar-refractivity contribution is 0.206. The summed E-state index contributed by atoms with van der Waals surface area (Å²) in [6.45, 7) is 4.29. The van der Waals surface area contributed by atoms with E-state index in [1.54, 1.807) is 44.0 Å². The summed E-state index contributed by atoms with van der Waals surface area (Å²) in [6, 6.07) is 15.9. The molecule has 6 nitrogen and oxygen atoms in total. The first-order valence-electron chi connectivity index (χ1n) is 8.42. The van der Waals surface area contributed by atoms with Crippen molar-refractivity contribution in [3.05, 3.63) is 65.7 Å². The van der Waals surface area contributed by atoms with Crippen molar-refractivity contribution >= 4 is 16.1 Å². The highest BCUT2D eigenvalue weighted by atomic mass is 32.2. The van der Waals surface area contributed by atoms with Gasteiger partial charge in [0.2, 0.25) is 10.0 Å². The summed E-state index contributed by atoms with van der Waals surface area (Å²) < 4.78 is 27.0. The average molecular weight is 375 g/mol. The molecular weight excluding hydrogens is 350 g/mol. The fraction of sp³-hybridized carbons (Fsp3) is 0.316. The minimum absolute atomic E-state index is 0.185. The molecule has 0 bridgehead atoms. The van der Waals surface area contributed by atoms with E-state index in [1.807, 2.05) is 30.3 Å². The molecule has 0 spiro atoms. The second-order valence-electron chi connectivity index (χ2n) is 6.42. The highest BCUT2D eigenvalue weighted by Gasteiger charge is 2.16. The molecule has 0 saturated carbocycles. The number of sulfonamides is 1. The molecule has 0 radical (unpaired) electrons. The zero-order valence-corrected chi connectivity index (χ0v) is 16.1. The Morgan fingerprint density at radius 2 is 1.69 bits per heavy atom. The van der Waals surface area contributed by atoms with E-state index in [-0.39, 0.29) is 23.5 Å². The number of rotatable bonds is 7. The molecule has 0 saturated heterocycles. The van der Waals surface area contributed by atoms with Crippen LogP contribution in [0.3, 0.4) is 0 Å². The van der Waals surface area contributed by atoms with Crippen molar-refractivity contribution in [3.8, 4) is 0 Å². The third-order valence-electron chi connectivity index (χ3n) is 3.65. The molecule has 0 unspecified atom stereocenters. The first kappa shape index (κ1) is 19.9. The Hall–Kier alpha value is -2.38. The van der Waals surface area contributed by atoms with Crippen LogP contribution in [0.4, 0.5) is 4.79 Å². The van der Waals surface area contributed by atoms with E-state index in [0.29, 0.717) is 6.54 Å². The zero-order valence-electron chi connectivity index (χ0n) is 15.3. The van der Waals surface area contributed by atoms with Crippen LogP contribution >= 0.6 is 0 Å². The Balaban J connectivity index is 1.97. The number of hydrogen-bond donors (Lipinski definition) is 2. The molecule has 0 aliphatic heterocycles. The molecule has 2 amide bonds. The van der Waals surface area contributed by atoms with Crippen LogP contribution in [0.25, 0.3) is 0 Å². The number of benzene rings is 2. The summed E-state index contributed by atoms with van der Waals surface area (Å²) in [5, 5.41) is 2.81. The second kappa shape index (κ2) is 8.82. The largest absolute Gasteiger partial charge is 0.334 e. The van der Waals surface area contributed by atoms with Crippen LogP contribution in [-0.4, -0.2) is 32.4 Å². The molecule has 0 aliphatic rings. The van der Waals surface area contributed by atoms with Gasteiger partial charge in [-0.25, -0.2) is 17.9 Å². The molecule has 26 heavy (non-hydrogen) atoms. The lowest BCUT2D eigenvalue weighted by Crippen LogP contribution is -2.36. The van der Waals surface area contributed by atoms with Gasteiger partial charge in [-0.2, -0.15) is 0 Å². The second-order valence-corrected chi connectivity index (χ2v) is 8.14. The Bertz CT molecular complexity index is 836. The lowest BCUT2D eigenvalue weighted by atomic mass is 10.2. The van der Waals surface area contributed by atoms with Gasteiger partial charge in [-0.3, -0.25) is 0 Å². The summed E-state index contributed by atoms with van der Waals surface area (Å²) in [4.78, 5) is 14.0. The Labute approximate surface area is 155 Å². The normalized spacial score (nSPS) is 11.4. The third-order valence-corrected chi connectivity index (χ3v) is 5.31. The van der Waals surface area contributed by atoms with Crippen molar-refractivity contribution in [1.82, 2.24) is 14.9 Å². The predicted molar refractivity (Wildman–Crippen MR) is 102 cm³/mol. The number of nitrogens with zero attached hydrogens (tertiary/aromatic N) is 1. The van der Waals surface area contributed by atoms with Gasteiger partial charge in [-0.1, -0.05) is 42.5 Å². The molecule has 0 heterocycles. The van der Waals surface area contributed by atoms with Crippen LogP contribution in [-0.2, 0) is 23.1 Å². The van der Waals surface area contributed by atoms with Crippen molar-refractivity contribution < 1.29 is 13.2 Å². The van der Waals surface area contributed by atoms with Gasteiger partial charge in [-0.15, -0.1) is 0 Å². The first-order valence-corrected chi connectivity index (χ1v) is 9.90. The van der Waals surface area contributed by atoms with Gasteiger partial charge in [0.05, 0.1) is 4.90 Å². The summed E-state index contributed by atoms with van der Waals surface area (Å²) in [5.74, 6) is 0. The molecule has 0 aromatic heterocycles. The van der Waals surface area contributed by atoms with Gasteiger partial charge in [0.15, 0.2) is 0 Å². The molecule has 0 aliphatic carbocycles. The zero-order chi connectivity index (χ0) is 19.2. The number of nitrogens with one attached hydrogen (secondary N) is 2. The van der Waals surface area contributed by atoms with Gasteiger partial charge >= 0.3 is 6.03 Å². The fourth-order valence-corrected chi connectivity index (χ4v) is 3.76. The highest BCUT2D eigenvalue weighted by molar-refractivity contribution is 7.89. The standard InChI is InChI=1S/C19H25N3O3S/c1-15(2)21-26(24,25)18-11-7-10-17(12-18)13-20-19(23)22(3)14-16-8-5-4-6-9-16/h4-12,15,21H,13-14H2,1-3H3,(H,20,23). The van der Waals surface area contributed by atoms with E-state index in [9.17, 15) is 13.2 Å². The highest BCUT2D eigenvalue weighted by Crippen LogP contribution is 2.12. The van der Waals surface area contributed by atoms with Crippen LogP contribution < -0.4 is 10.0 Å². The maximum atomic E-state index is 12.2. The minimum atomic E-state index is -3.55. The fourth-order valence-electron chi connectivity index (χ4n) is 2.44. The summed E-state index contributed by atoms with van der Waals surface area (Å²) in [6.07, 6.45) is 0. The summed E-state index contributed by atoms with van der Waals surface area (Å²) in [5.41, 5.74) is 1.76. The topological polar surface area (TPSA) is 78.5 Å². The number of urea groups is 1. The van der Waals surface area contributed by atoms with Crippen LogP contribution in [0.15, 0.2) is 59.5 Å². The number of carbonyl (C=O) groups excluding carboxylic acids is 1. The van der Waals surface area contributed by atoms with Crippen molar-refractivity contribution in [2.24, 2.45) is 0 Å². The quantitative estimate of drug-likeness (QED) is 0.781. The maximum absolute atomic E-state index is 12.2. The van der Waals surface area contributed by atoms with Crippen molar-refractivity contribution in [3.63, 3.8) is 0 Å². The molecule has 7 heteroatoms. The number of amides is 2. The summed E-state index contributed by atoms with van der Waals surface area (Å²) >= 11 is 0. The van der Waals surface area contributed by atoms with Crippen LogP contribution in [0, 0.1) is 0 Å². The Kier molecular flexibility index (Phi) is 6.76. The van der Waals surface area contributed by atoms with Crippen LogP contribution in [0.5, 0.6) is 0 Å². The van der Waals surface area contributed by atoms with Crippen molar-refractivity contribution in [1.29, 1.82) is 0 Å². The van der Waals surface area contributed by atoms with Gasteiger partial charge in [0.25, 0.3) is 0 Å². The third kappa shape index (κ3) is 5.86. The first-order chi connectivity index (χ1) is 12.3. The SMILES string of the molecule is CC(C)NS(=O)(=O)c1cccc(CNC(=O)N(C)Cc2ccccc2)c1. The van der Waals surface area contributed by atoms with Crippen LogP contribution in [0.2, 0.25) is 0 Å². The van der Waals surface area contributed by atoms with E-state index in [4.69, 9.17) is 0 Å². The average Bonchev–Trinajstić information content (AvgIpc) is 2.59. The summed E-state index contributed by atoms with van der Waals surface area (Å²) in [7, 11) is -1.83. The van der Waals surface area contributed by atoms with E-state index >= 15 is 0 Å². The molecule has 140 valence electrons. The number of carbonyl (C=O) groups is 1. The van der Waals surface area contributed by atoms with E-state index in [1.165, 1.54) is 6.07 Å². The molecule has 2 N–H and O–H groups in total. The van der Waals surface area contributed by atoms with Crippen molar-refractivity contribution in [2.75, 3.05) is 7.05 Å². The smallest absolute Gasteiger partial charge is 0.317 e. The molecule has 2 aromatic carbocycles. The van der Waals surface area contributed by atoms with E-state index in [2.05, 4.69) is 10.0 Å². The van der Waals surface area contributed by atoms with Crippen LogP contribution in [0.1, 0.15) is 25.0 Å². The van der Waals surface area contributed by atoms with E-state index < -0.39 is 10.0 Å². The van der Waals surface area contributed by atoms with Gasteiger partial charge in [0.1, 0.15) is 0 Å². The maximum Gasteiger partial charge on any atom is 0.317 e. The molecule has 2 aromatic rings. The Morgan fingerprint density at radius 3 is 2.35 bits per heavy atom. The predicted octanol–water partition coefficient (Wildman–Crippen LogP) is 2.71. The van der Waals surface area contributed by atoms with Gasteiger partial charge in [-0.05, 0) is 37.1 Å². The van der Waals surface area contributed by atoms with Gasteiger partial charge < -0.3 is 10.2 Å². The molecule has 0 fully saturated rings. The Morgan fingerprint density at radius 1 is 1.04 bits per heavy atom. The molecule has 0 atom stereocenters. The lowest BCUT2D eigenvalue weighted by Gasteiger charge is -2.18. The molecular formula is C19H25N3O3S. The monoisotopic (exact) mass is 375 g/mol. The van der Waals surface area contributed by atoms with Crippen molar-refractivity contribution in [2.45, 2.75) is 37.9 Å². The molecule has 2 rings (SSSR count). The van der Waals surface area contributed by atoms with Gasteiger partial charge in [0, 0.05) is 26.2 Å². The number of hydrogen-bond acceptors (Lipinski definition) is 3.